The molecule has 0 saturated heterocycles. The summed E-state index contributed by atoms with van der Waals surface area (Å²) in [4.78, 5) is 0. The van der Waals surface area contributed by atoms with Crippen LogP contribution in [0.1, 0.15) is 26.7 Å². The van der Waals surface area contributed by atoms with Crippen molar-refractivity contribution in [3.05, 3.63) is 0 Å². The van der Waals surface area contributed by atoms with Crippen molar-refractivity contribution in [2.75, 3.05) is 19.8 Å². The molecule has 0 aliphatic rings. The first kappa shape index (κ1) is 13.7. The third-order valence-electron chi connectivity index (χ3n) is 1.55. The molecule has 0 spiro atoms. The maximum absolute atomic E-state index is 11.6. The van der Waals surface area contributed by atoms with E-state index in [0.717, 1.165) is 13.0 Å². The van der Waals surface area contributed by atoms with Crippen LogP contribution in [0.5, 0.6) is 0 Å². The minimum atomic E-state index is -4.10. The summed E-state index contributed by atoms with van der Waals surface area (Å²) in [6.45, 7) is 4.97. The van der Waals surface area contributed by atoms with Crippen LogP contribution in [-0.4, -0.2) is 32.0 Å². The van der Waals surface area contributed by atoms with Gasteiger partial charge in [-0.2, -0.15) is 13.2 Å². The normalized spacial score (nSPS) is 12.4. The lowest BCUT2D eigenvalue weighted by atomic mass is 10.3. The molecule has 5 heteroatoms. The molecule has 86 valence electrons. The Balaban J connectivity index is 3.07. The SMILES string of the molecule is CC(C)NCCCOCCC(F)(F)F. The molecule has 0 atom stereocenters. The van der Waals surface area contributed by atoms with Crippen molar-refractivity contribution in [2.24, 2.45) is 0 Å². The Morgan fingerprint density at radius 1 is 1.21 bits per heavy atom. The number of rotatable bonds is 7. The van der Waals surface area contributed by atoms with E-state index in [1.165, 1.54) is 0 Å². The van der Waals surface area contributed by atoms with E-state index in [1.54, 1.807) is 0 Å². The highest BCUT2D eigenvalue weighted by Crippen LogP contribution is 2.18. The number of nitrogens with one attached hydrogen (secondary N) is 1. The van der Waals surface area contributed by atoms with E-state index < -0.39 is 12.6 Å². The maximum Gasteiger partial charge on any atom is 0.391 e. The van der Waals surface area contributed by atoms with Crippen LogP contribution in [0.4, 0.5) is 13.2 Å². The van der Waals surface area contributed by atoms with Crippen molar-refractivity contribution < 1.29 is 17.9 Å². The van der Waals surface area contributed by atoms with Gasteiger partial charge in [-0.15, -0.1) is 0 Å². The first-order valence-electron chi connectivity index (χ1n) is 4.79. The van der Waals surface area contributed by atoms with E-state index in [4.69, 9.17) is 4.74 Å². The molecule has 2 nitrogen and oxygen atoms in total. The molecule has 1 N–H and O–H groups in total. The highest BCUT2D eigenvalue weighted by molar-refractivity contribution is 4.52. The van der Waals surface area contributed by atoms with Crippen molar-refractivity contribution in [3.63, 3.8) is 0 Å². The fourth-order valence-electron chi connectivity index (χ4n) is 0.855. The third-order valence-corrected chi connectivity index (χ3v) is 1.55. The lowest BCUT2D eigenvalue weighted by Gasteiger charge is -2.09. The standard InChI is InChI=1S/C9H18F3NO/c1-8(2)13-5-3-6-14-7-4-9(10,11)12/h8,13H,3-7H2,1-2H3. The number of alkyl halides is 3. The molecule has 0 aromatic heterocycles. The lowest BCUT2D eigenvalue weighted by molar-refractivity contribution is -0.145. The van der Waals surface area contributed by atoms with Gasteiger partial charge in [0.25, 0.3) is 0 Å². The number of hydrogen-bond acceptors (Lipinski definition) is 2. The first-order valence-corrected chi connectivity index (χ1v) is 4.79. The third kappa shape index (κ3) is 11.7. The van der Waals surface area contributed by atoms with Gasteiger partial charge in [0.1, 0.15) is 0 Å². The summed E-state index contributed by atoms with van der Waals surface area (Å²) in [6.07, 6.45) is -4.21. The minimum absolute atomic E-state index is 0.231. The van der Waals surface area contributed by atoms with Crippen LogP contribution in [-0.2, 0) is 4.74 Å². The minimum Gasteiger partial charge on any atom is -0.381 e. The molecule has 0 saturated carbocycles. The summed E-state index contributed by atoms with van der Waals surface area (Å²) in [5.41, 5.74) is 0. The van der Waals surface area contributed by atoms with Crippen LogP contribution in [0.15, 0.2) is 0 Å². The summed E-state index contributed by atoms with van der Waals surface area (Å²) in [7, 11) is 0. The van der Waals surface area contributed by atoms with Crippen molar-refractivity contribution in [1.29, 1.82) is 0 Å². The first-order chi connectivity index (χ1) is 6.42. The molecule has 0 fully saturated rings. The summed E-state index contributed by atoms with van der Waals surface area (Å²) in [5.74, 6) is 0. The zero-order valence-electron chi connectivity index (χ0n) is 8.66. The van der Waals surface area contributed by atoms with Crippen LogP contribution < -0.4 is 5.32 Å². The molecule has 0 aromatic rings. The van der Waals surface area contributed by atoms with E-state index in [9.17, 15) is 13.2 Å². The Hall–Kier alpha value is -0.290. The molecule has 0 bridgehead atoms. The predicted molar refractivity (Wildman–Crippen MR) is 49.2 cm³/mol. The topological polar surface area (TPSA) is 21.3 Å². The van der Waals surface area contributed by atoms with E-state index in [0.29, 0.717) is 12.6 Å². The van der Waals surface area contributed by atoms with Gasteiger partial charge in [0, 0.05) is 12.6 Å². The highest BCUT2D eigenvalue weighted by Gasteiger charge is 2.26. The summed E-state index contributed by atoms with van der Waals surface area (Å²) in [5, 5.41) is 3.15. The van der Waals surface area contributed by atoms with E-state index in [1.807, 2.05) is 13.8 Å². The summed E-state index contributed by atoms with van der Waals surface area (Å²) in [6, 6.07) is 0.408. The van der Waals surface area contributed by atoms with Gasteiger partial charge >= 0.3 is 6.18 Å². The fourth-order valence-corrected chi connectivity index (χ4v) is 0.855. The largest absolute Gasteiger partial charge is 0.391 e. The van der Waals surface area contributed by atoms with Crippen LogP contribution >= 0.6 is 0 Å². The average molecular weight is 213 g/mol. The molecule has 0 amide bonds. The van der Waals surface area contributed by atoms with E-state index in [-0.39, 0.29) is 6.61 Å². The molecular formula is C9H18F3NO. The van der Waals surface area contributed by atoms with Crippen molar-refractivity contribution >= 4 is 0 Å². The number of hydrogen-bond donors (Lipinski definition) is 1. The monoisotopic (exact) mass is 213 g/mol. The van der Waals surface area contributed by atoms with Gasteiger partial charge in [0.15, 0.2) is 0 Å². The van der Waals surface area contributed by atoms with Gasteiger partial charge in [0.2, 0.25) is 0 Å². The lowest BCUT2D eigenvalue weighted by Crippen LogP contribution is -2.24. The van der Waals surface area contributed by atoms with Crippen LogP contribution in [0, 0.1) is 0 Å². The van der Waals surface area contributed by atoms with Gasteiger partial charge in [-0.05, 0) is 13.0 Å². The van der Waals surface area contributed by atoms with Gasteiger partial charge in [0.05, 0.1) is 13.0 Å². The molecule has 0 aromatic carbocycles. The predicted octanol–water partition coefficient (Wildman–Crippen LogP) is 2.34. The highest BCUT2D eigenvalue weighted by atomic mass is 19.4. The Morgan fingerprint density at radius 2 is 1.86 bits per heavy atom. The summed E-state index contributed by atoms with van der Waals surface area (Å²) >= 11 is 0. The molecule has 0 aliphatic carbocycles. The molecular weight excluding hydrogens is 195 g/mol. The van der Waals surface area contributed by atoms with Gasteiger partial charge < -0.3 is 10.1 Å². The second kappa shape index (κ2) is 7.06. The van der Waals surface area contributed by atoms with Crippen molar-refractivity contribution in [3.8, 4) is 0 Å². The van der Waals surface area contributed by atoms with E-state index >= 15 is 0 Å². The zero-order chi connectivity index (χ0) is 11.0. The van der Waals surface area contributed by atoms with Crippen molar-refractivity contribution in [2.45, 2.75) is 38.9 Å². The number of halogens is 3. The Morgan fingerprint density at radius 3 is 2.36 bits per heavy atom. The summed E-state index contributed by atoms with van der Waals surface area (Å²) < 4.78 is 39.8. The zero-order valence-corrected chi connectivity index (χ0v) is 8.66. The van der Waals surface area contributed by atoms with Gasteiger partial charge in [-0.1, -0.05) is 13.8 Å². The second-order valence-electron chi connectivity index (χ2n) is 3.44. The molecule has 0 unspecified atom stereocenters. The number of ether oxygens (including phenoxy) is 1. The molecule has 14 heavy (non-hydrogen) atoms. The van der Waals surface area contributed by atoms with Crippen LogP contribution in [0.3, 0.4) is 0 Å². The van der Waals surface area contributed by atoms with E-state index in [2.05, 4.69) is 5.32 Å². The molecule has 0 aliphatic heterocycles. The van der Waals surface area contributed by atoms with Crippen LogP contribution in [0.25, 0.3) is 0 Å². The molecule has 0 radical (unpaired) electrons. The molecule has 0 heterocycles. The fraction of sp³-hybridized carbons (Fsp3) is 1.00. The Kier molecular flexibility index (Phi) is 6.92. The maximum atomic E-state index is 11.6. The Labute approximate surface area is 82.8 Å². The van der Waals surface area contributed by atoms with Crippen LogP contribution in [0.2, 0.25) is 0 Å². The second-order valence-corrected chi connectivity index (χ2v) is 3.44. The quantitative estimate of drug-likeness (QED) is 0.655. The van der Waals surface area contributed by atoms with Gasteiger partial charge in [-0.3, -0.25) is 0 Å². The molecule has 0 rings (SSSR count). The smallest absolute Gasteiger partial charge is 0.381 e. The van der Waals surface area contributed by atoms with Crippen molar-refractivity contribution in [1.82, 2.24) is 5.32 Å². The Bertz CT molecular complexity index is 137. The van der Waals surface area contributed by atoms with Gasteiger partial charge in [-0.25, -0.2) is 0 Å². The average Bonchev–Trinajstić information content (AvgIpc) is 2.00.